The van der Waals surface area contributed by atoms with Crippen molar-refractivity contribution in [3.05, 3.63) is 32.8 Å². The van der Waals surface area contributed by atoms with Crippen LogP contribution in [0.3, 0.4) is 0 Å². The molecule has 1 aliphatic heterocycles. The van der Waals surface area contributed by atoms with E-state index in [2.05, 4.69) is 22.9 Å². The van der Waals surface area contributed by atoms with Crippen molar-refractivity contribution >= 4 is 31.6 Å². The smallest absolute Gasteiger partial charge is 0.258 e. The number of sulfonamides is 1. The molecule has 8 heteroatoms. The molecule has 2 atom stereocenters. The Morgan fingerprint density at radius 2 is 2.05 bits per heavy atom. The van der Waals surface area contributed by atoms with Crippen LogP contribution in [0.4, 0.5) is 5.69 Å². The van der Waals surface area contributed by atoms with Crippen LogP contribution in [0.5, 0.6) is 0 Å². The summed E-state index contributed by atoms with van der Waals surface area (Å²) in [6.07, 6.45) is 1.53. The lowest BCUT2D eigenvalue weighted by Crippen LogP contribution is -2.44. The number of benzene rings is 1. The fourth-order valence-corrected chi connectivity index (χ4v) is 5.07. The van der Waals surface area contributed by atoms with Gasteiger partial charge in [0.25, 0.3) is 5.69 Å². The fraction of sp³-hybridized carbons (Fsp3) is 0.538. The van der Waals surface area contributed by atoms with Crippen molar-refractivity contribution in [1.82, 2.24) is 4.31 Å². The van der Waals surface area contributed by atoms with Crippen molar-refractivity contribution in [3.63, 3.8) is 0 Å². The highest BCUT2D eigenvalue weighted by Gasteiger charge is 2.37. The molecule has 1 aromatic carbocycles. The number of halogens is 1. The Kier molecular flexibility index (Phi) is 4.69. The molecular formula is C13H17BrN2O4S. The minimum Gasteiger partial charge on any atom is -0.258 e. The van der Waals surface area contributed by atoms with Crippen molar-refractivity contribution in [2.75, 3.05) is 6.54 Å². The number of piperidine rings is 1. The average Bonchev–Trinajstić information content (AvgIpc) is 2.37. The lowest BCUT2D eigenvalue weighted by Gasteiger charge is -2.35. The van der Waals surface area contributed by atoms with Gasteiger partial charge in [0.2, 0.25) is 10.0 Å². The van der Waals surface area contributed by atoms with Crippen LogP contribution in [0.15, 0.2) is 27.6 Å². The molecule has 2 unspecified atom stereocenters. The number of nitrogens with zero attached hydrogens (tertiary/aromatic N) is 2. The third-order valence-electron chi connectivity index (χ3n) is 3.78. The lowest BCUT2D eigenvalue weighted by molar-refractivity contribution is -0.387. The van der Waals surface area contributed by atoms with Crippen LogP contribution in [0.1, 0.15) is 26.7 Å². The largest absolute Gasteiger partial charge is 0.289 e. The summed E-state index contributed by atoms with van der Waals surface area (Å²) in [5.41, 5.74) is -0.385. The van der Waals surface area contributed by atoms with Gasteiger partial charge in [0, 0.05) is 23.1 Å². The van der Waals surface area contributed by atoms with E-state index in [9.17, 15) is 18.5 Å². The zero-order valence-electron chi connectivity index (χ0n) is 11.8. The molecule has 1 aliphatic rings. The number of hydrogen-bond donors (Lipinski definition) is 0. The maximum Gasteiger partial charge on any atom is 0.289 e. The maximum absolute atomic E-state index is 12.8. The second-order valence-corrected chi connectivity index (χ2v) is 8.24. The van der Waals surface area contributed by atoms with E-state index in [1.807, 2.05) is 6.92 Å². The number of rotatable bonds is 3. The second kappa shape index (κ2) is 6.02. The van der Waals surface area contributed by atoms with Gasteiger partial charge in [-0.15, -0.1) is 0 Å². The van der Waals surface area contributed by atoms with Crippen molar-refractivity contribution in [3.8, 4) is 0 Å². The van der Waals surface area contributed by atoms with Crippen LogP contribution in [-0.2, 0) is 10.0 Å². The van der Waals surface area contributed by atoms with E-state index >= 15 is 0 Å². The summed E-state index contributed by atoms with van der Waals surface area (Å²) in [7, 11) is -3.87. The minimum absolute atomic E-state index is 0.155. The highest BCUT2D eigenvalue weighted by atomic mass is 79.9. The van der Waals surface area contributed by atoms with Gasteiger partial charge in [-0.25, -0.2) is 8.42 Å². The molecule has 1 heterocycles. The zero-order valence-corrected chi connectivity index (χ0v) is 14.2. The molecule has 0 radical (unpaired) electrons. The molecule has 1 saturated heterocycles. The van der Waals surface area contributed by atoms with Gasteiger partial charge >= 0.3 is 0 Å². The van der Waals surface area contributed by atoms with E-state index < -0.39 is 14.9 Å². The van der Waals surface area contributed by atoms with Crippen LogP contribution >= 0.6 is 15.9 Å². The monoisotopic (exact) mass is 376 g/mol. The molecule has 0 saturated carbocycles. The Labute approximate surface area is 132 Å². The molecule has 116 valence electrons. The SMILES string of the molecule is CC1CCN(S(=O)(=O)c2cc(Br)ccc2[N+](=O)[O-])C(C)C1. The normalized spacial score (nSPS) is 24.0. The predicted molar refractivity (Wildman–Crippen MR) is 82.5 cm³/mol. The summed E-state index contributed by atoms with van der Waals surface area (Å²) < 4.78 is 27.4. The van der Waals surface area contributed by atoms with Gasteiger partial charge in [-0.2, -0.15) is 4.31 Å². The quantitative estimate of drug-likeness (QED) is 0.599. The average molecular weight is 377 g/mol. The van der Waals surface area contributed by atoms with Crippen LogP contribution in [0.2, 0.25) is 0 Å². The summed E-state index contributed by atoms with van der Waals surface area (Å²) in [4.78, 5) is 10.2. The molecule has 0 spiro atoms. The molecular weight excluding hydrogens is 360 g/mol. The molecule has 0 aliphatic carbocycles. The molecule has 1 aromatic rings. The Morgan fingerprint density at radius 1 is 1.38 bits per heavy atom. The summed E-state index contributed by atoms with van der Waals surface area (Å²) in [5, 5.41) is 11.1. The molecule has 1 fully saturated rings. The standard InChI is InChI=1S/C13H17BrN2O4S/c1-9-5-6-15(10(2)7-9)21(19,20)13-8-11(14)3-4-12(13)16(17)18/h3-4,8-10H,5-7H2,1-2H3. The molecule has 6 nitrogen and oxygen atoms in total. The Hall–Kier alpha value is -0.990. The number of hydrogen-bond acceptors (Lipinski definition) is 4. The van der Waals surface area contributed by atoms with Gasteiger partial charge in [-0.3, -0.25) is 10.1 Å². The molecule has 2 rings (SSSR count). The maximum atomic E-state index is 12.8. The second-order valence-electron chi connectivity index (χ2n) is 5.46. The topological polar surface area (TPSA) is 80.5 Å². The van der Waals surface area contributed by atoms with Crippen molar-refractivity contribution in [1.29, 1.82) is 0 Å². The van der Waals surface area contributed by atoms with Crippen LogP contribution in [0, 0.1) is 16.0 Å². The lowest BCUT2D eigenvalue weighted by atomic mass is 9.95. The number of nitro benzene ring substituents is 1. The highest BCUT2D eigenvalue weighted by molar-refractivity contribution is 9.10. The third kappa shape index (κ3) is 3.27. The minimum atomic E-state index is -3.87. The van der Waals surface area contributed by atoms with Crippen LogP contribution in [-0.4, -0.2) is 30.2 Å². The Balaban J connectivity index is 2.49. The number of nitro groups is 1. The van der Waals surface area contributed by atoms with E-state index in [0.717, 1.165) is 12.8 Å². The Bertz CT molecular complexity index is 662. The zero-order chi connectivity index (χ0) is 15.8. The van der Waals surface area contributed by atoms with Gasteiger partial charge in [-0.1, -0.05) is 22.9 Å². The predicted octanol–water partition coefficient (Wildman–Crippen LogP) is 3.17. The Morgan fingerprint density at radius 3 is 2.62 bits per heavy atom. The van der Waals surface area contributed by atoms with Crippen LogP contribution in [0.25, 0.3) is 0 Å². The summed E-state index contributed by atoms with van der Waals surface area (Å²) >= 11 is 3.18. The highest BCUT2D eigenvalue weighted by Crippen LogP contribution is 2.33. The molecule has 0 bridgehead atoms. The van der Waals surface area contributed by atoms with E-state index in [-0.39, 0.29) is 16.6 Å². The van der Waals surface area contributed by atoms with Gasteiger partial charge in [0.15, 0.2) is 4.90 Å². The molecule has 0 aromatic heterocycles. The first kappa shape index (κ1) is 16.4. The summed E-state index contributed by atoms with van der Waals surface area (Å²) in [5.74, 6) is 0.462. The van der Waals surface area contributed by atoms with Gasteiger partial charge in [0.1, 0.15) is 0 Å². The molecule has 0 amide bonds. The van der Waals surface area contributed by atoms with Crippen LogP contribution < -0.4 is 0 Å². The van der Waals surface area contributed by atoms with E-state index in [4.69, 9.17) is 0 Å². The summed E-state index contributed by atoms with van der Waals surface area (Å²) in [6, 6.07) is 3.84. The first-order valence-electron chi connectivity index (χ1n) is 6.69. The fourth-order valence-electron chi connectivity index (χ4n) is 2.71. The summed E-state index contributed by atoms with van der Waals surface area (Å²) in [6.45, 7) is 4.33. The van der Waals surface area contributed by atoms with Gasteiger partial charge in [0.05, 0.1) is 4.92 Å². The van der Waals surface area contributed by atoms with Gasteiger partial charge in [-0.05, 0) is 37.8 Å². The van der Waals surface area contributed by atoms with Gasteiger partial charge < -0.3 is 0 Å². The molecule has 21 heavy (non-hydrogen) atoms. The van der Waals surface area contributed by atoms with E-state index in [1.165, 1.54) is 22.5 Å². The van der Waals surface area contributed by atoms with Crippen molar-refractivity contribution < 1.29 is 13.3 Å². The third-order valence-corrected chi connectivity index (χ3v) is 6.32. The first-order valence-corrected chi connectivity index (χ1v) is 8.92. The van der Waals surface area contributed by atoms with E-state index in [0.29, 0.717) is 16.9 Å². The molecule has 0 N–H and O–H groups in total. The van der Waals surface area contributed by atoms with Crippen molar-refractivity contribution in [2.24, 2.45) is 5.92 Å². The first-order chi connectivity index (χ1) is 9.73. The van der Waals surface area contributed by atoms with E-state index in [1.54, 1.807) is 0 Å². The van der Waals surface area contributed by atoms with Crippen molar-refractivity contribution in [2.45, 2.75) is 37.6 Å².